The molecule has 140 valence electrons. The molecule has 4 saturated carbocycles. The van der Waals surface area contributed by atoms with Crippen LogP contribution in [0.2, 0.25) is 0 Å². The average Bonchev–Trinajstić information content (AvgIpc) is 2.61. The van der Waals surface area contributed by atoms with E-state index in [9.17, 15) is 4.79 Å². The van der Waals surface area contributed by atoms with Gasteiger partial charge in [0.1, 0.15) is 0 Å². The fraction of sp³-hybridized carbons (Fsp3) is 0.696. The number of piperazine rings is 1. The van der Waals surface area contributed by atoms with Crippen LogP contribution >= 0.6 is 0 Å². The van der Waals surface area contributed by atoms with E-state index in [1.165, 1.54) is 38.5 Å². The van der Waals surface area contributed by atoms with Gasteiger partial charge in [-0.25, -0.2) is 0 Å². The Morgan fingerprint density at radius 2 is 1.65 bits per heavy atom. The summed E-state index contributed by atoms with van der Waals surface area (Å²) in [6.07, 6.45) is 8.79. The van der Waals surface area contributed by atoms with E-state index in [0.717, 1.165) is 44.4 Å². The van der Waals surface area contributed by atoms with E-state index < -0.39 is 0 Å². The molecule has 0 spiro atoms. The highest BCUT2D eigenvalue weighted by Crippen LogP contribution is 2.66. The molecular weight excluding hydrogens is 320 g/mol. The highest BCUT2D eigenvalue weighted by molar-refractivity contribution is 5.77. The summed E-state index contributed by atoms with van der Waals surface area (Å²) < 4.78 is 0. The van der Waals surface area contributed by atoms with E-state index in [4.69, 9.17) is 0 Å². The molecule has 0 radical (unpaired) electrons. The van der Waals surface area contributed by atoms with Gasteiger partial charge in [0, 0.05) is 32.6 Å². The number of carbonyl (C=O) groups excluding carboxylic acids is 1. The van der Waals surface area contributed by atoms with Crippen molar-refractivity contribution in [1.29, 1.82) is 0 Å². The standard InChI is InChI=1S/C23H32N2O/c1-24-7-9-25(10-8-24)21(26)16-22-12-18-11-19(13-22)15-23(14-18,17-22)20-5-3-2-4-6-20/h2-6,18-19H,7-17H2,1H3. The van der Waals surface area contributed by atoms with Crippen molar-refractivity contribution in [2.45, 2.75) is 50.4 Å². The van der Waals surface area contributed by atoms with Crippen molar-refractivity contribution in [2.24, 2.45) is 17.3 Å². The molecule has 0 N–H and O–H groups in total. The van der Waals surface area contributed by atoms with Crippen molar-refractivity contribution in [3.63, 3.8) is 0 Å². The molecule has 1 amide bonds. The maximum Gasteiger partial charge on any atom is 0.223 e. The Morgan fingerprint density at radius 3 is 2.31 bits per heavy atom. The first-order valence-corrected chi connectivity index (χ1v) is 10.6. The molecule has 2 atom stereocenters. The van der Waals surface area contributed by atoms with E-state index in [-0.39, 0.29) is 5.41 Å². The Hall–Kier alpha value is -1.35. The zero-order valence-corrected chi connectivity index (χ0v) is 16.1. The van der Waals surface area contributed by atoms with Crippen LogP contribution in [0.1, 0.15) is 50.5 Å². The van der Waals surface area contributed by atoms with Crippen LogP contribution in [0.4, 0.5) is 0 Å². The van der Waals surface area contributed by atoms with Gasteiger partial charge in [0.05, 0.1) is 0 Å². The molecule has 1 aromatic rings. The zero-order valence-electron chi connectivity index (χ0n) is 16.1. The predicted molar refractivity (Wildman–Crippen MR) is 104 cm³/mol. The van der Waals surface area contributed by atoms with Crippen LogP contribution in [0.15, 0.2) is 30.3 Å². The van der Waals surface area contributed by atoms with Gasteiger partial charge < -0.3 is 9.80 Å². The molecule has 3 nitrogen and oxygen atoms in total. The second-order valence-electron chi connectivity index (χ2n) is 9.97. The lowest BCUT2D eigenvalue weighted by Gasteiger charge is -2.62. The van der Waals surface area contributed by atoms with Gasteiger partial charge in [0.15, 0.2) is 0 Å². The number of amides is 1. The van der Waals surface area contributed by atoms with Crippen molar-refractivity contribution >= 4 is 5.91 Å². The highest BCUT2D eigenvalue weighted by Gasteiger charge is 2.58. The molecule has 5 aliphatic rings. The Labute approximate surface area is 157 Å². The van der Waals surface area contributed by atoms with Gasteiger partial charge in [-0.1, -0.05) is 30.3 Å². The number of nitrogens with zero attached hydrogens (tertiary/aromatic N) is 2. The molecule has 1 aromatic carbocycles. The van der Waals surface area contributed by atoms with E-state index in [1.54, 1.807) is 5.56 Å². The third-order valence-corrected chi connectivity index (χ3v) is 7.95. The number of rotatable bonds is 3. The van der Waals surface area contributed by atoms with Crippen molar-refractivity contribution in [3.05, 3.63) is 35.9 Å². The lowest BCUT2D eigenvalue weighted by Crippen LogP contribution is -2.56. The Bertz CT molecular complexity index is 663. The Balaban J connectivity index is 1.38. The van der Waals surface area contributed by atoms with E-state index in [2.05, 4.69) is 47.2 Å². The minimum Gasteiger partial charge on any atom is -0.340 e. The third-order valence-electron chi connectivity index (χ3n) is 7.95. The summed E-state index contributed by atoms with van der Waals surface area (Å²) in [5.74, 6) is 2.12. The first-order valence-electron chi connectivity index (χ1n) is 10.6. The van der Waals surface area contributed by atoms with Gasteiger partial charge in [0.2, 0.25) is 5.91 Å². The predicted octanol–water partition coefficient (Wildman–Crippen LogP) is 3.69. The molecule has 26 heavy (non-hydrogen) atoms. The minimum atomic E-state index is 0.278. The van der Waals surface area contributed by atoms with E-state index >= 15 is 0 Å². The molecule has 1 saturated heterocycles. The van der Waals surface area contributed by atoms with Crippen molar-refractivity contribution in [1.82, 2.24) is 9.80 Å². The number of carbonyl (C=O) groups is 1. The molecular formula is C23H32N2O. The summed E-state index contributed by atoms with van der Waals surface area (Å²) in [6.45, 7) is 3.89. The maximum atomic E-state index is 13.1. The summed E-state index contributed by atoms with van der Waals surface area (Å²) in [5, 5.41) is 0. The summed E-state index contributed by atoms with van der Waals surface area (Å²) in [7, 11) is 2.16. The Kier molecular flexibility index (Phi) is 3.93. The van der Waals surface area contributed by atoms with Crippen LogP contribution in [0.3, 0.4) is 0 Å². The van der Waals surface area contributed by atoms with Crippen LogP contribution in [0, 0.1) is 17.3 Å². The molecule has 6 rings (SSSR count). The van der Waals surface area contributed by atoms with Crippen molar-refractivity contribution < 1.29 is 4.79 Å². The summed E-state index contributed by atoms with van der Waals surface area (Å²) >= 11 is 0. The van der Waals surface area contributed by atoms with Crippen LogP contribution in [-0.2, 0) is 10.2 Å². The lowest BCUT2D eigenvalue weighted by atomic mass is 9.42. The minimum absolute atomic E-state index is 0.278. The van der Waals surface area contributed by atoms with Crippen LogP contribution in [0.25, 0.3) is 0 Å². The molecule has 0 aromatic heterocycles. The number of hydrogen-bond donors (Lipinski definition) is 0. The second-order valence-corrected chi connectivity index (χ2v) is 9.97. The first kappa shape index (κ1) is 16.8. The first-order chi connectivity index (χ1) is 12.6. The SMILES string of the molecule is CN1CCN(C(=O)CC23CC4CC(C2)CC(c2ccccc2)(C4)C3)CC1. The van der Waals surface area contributed by atoms with Gasteiger partial charge in [-0.15, -0.1) is 0 Å². The van der Waals surface area contributed by atoms with Gasteiger partial charge in [0.25, 0.3) is 0 Å². The lowest BCUT2D eigenvalue weighted by molar-refractivity contribution is -0.142. The molecule has 3 heteroatoms. The van der Waals surface area contributed by atoms with E-state index in [1.807, 2.05) is 0 Å². The molecule has 1 aliphatic heterocycles. The van der Waals surface area contributed by atoms with Crippen LogP contribution < -0.4 is 0 Å². The fourth-order valence-corrected chi connectivity index (χ4v) is 7.28. The molecule has 5 fully saturated rings. The number of likely N-dealkylation sites (N-methyl/N-ethyl adjacent to an activating group) is 1. The number of benzene rings is 1. The topological polar surface area (TPSA) is 23.6 Å². The molecule has 1 heterocycles. The normalized spacial score (nSPS) is 39.3. The molecule has 2 unspecified atom stereocenters. The number of hydrogen-bond acceptors (Lipinski definition) is 2. The zero-order chi connectivity index (χ0) is 17.8. The van der Waals surface area contributed by atoms with Crippen molar-refractivity contribution in [2.75, 3.05) is 33.2 Å². The van der Waals surface area contributed by atoms with Gasteiger partial charge >= 0.3 is 0 Å². The Morgan fingerprint density at radius 1 is 1.00 bits per heavy atom. The smallest absolute Gasteiger partial charge is 0.223 e. The van der Waals surface area contributed by atoms with Crippen molar-refractivity contribution in [3.8, 4) is 0 Å². The van der Waals surface area contributed by atoms with E-state index in [0.29, 0.717) is 11.3 Å². The quantitative estimate of drug-likeness (QED) is 0.828. The van der Waals surface area contributed by atoms with Gasteiger partial charge in [-0.3, -0.25) is 4.79 Å². The van der Waals surface area contributed by atoms with Gasteiger partial charge in [-0.2, -0.15) is 0 Å². The van der Waals surface area contributed by atoms with Gasteiger partial charge in [-0.05, 0) is 73.8 Å². The monoisotopic (exact) mass is 352 g/mol. The molecule has 4 bridgehead atoms. The summed E-state index contributed by atoms with van der Waals surface area (Å²) in [5.41, 5.74) is 2.18. The second kappa shape index (κ2) is 6.09. The fourth-order valence-electron chi connectivity index (χ4n) is 7.28. The molecule has 4 aliphatic carbocycles. The highest BCUT2D eigenvalue weighted by atomic mass is 16.2. The van der Waals surface area contributed by atoms with Crippen LogP contribution in [0.5, 0.6) is 0 Å². The largest absolute Gasteiger partial charge is 0.340 e. The van der Waals surface area contributed by atoms with Crippen LogP contribution in [-0.4, -0.2) is 48.9 Å². The maximum absolute atomic E-state index is 13.1. The summed E-state index contributed by atoms with van der Waals surface area (Å²) in [4.78, 5) is 17.6. The summed E-state index contributed by atoms with van der Waals surface area (Å²) in [6, 6.07) is 11.2. The third kappa shape index (κ3) is 2.79. The average molecular weight is 353 g/mol.